The summed E-state index contributed by atoms with van der Waals surface area (Å²) in [6.45, 7) is 2.40. The first kappa shape index (κ1) is 15.7. The van der Waals surface area contributed by atoms with Crippen molar-refractivity contribution in [3.05, 3.63) is 0 Å². The van der Waals surface area contributed by atoms with Crippen molar-refractivity contribution in [1.82, 2.24) is 0 Å². The van der Waals surface area contributed by atoms with E-state index in [9.17, 15) is 0 Å². The number of hydrogen-bond acceptors (Lipinski definition) is 1. The fraction of sp³-hybridized carbons (Fsp3) is 1.00. The molecular formula is C4H14CaO2. The van der Waals surface area contributed by atoms with Gasteiger partial charge in [0.2, 0.25) is 0 Å². The third-order valence-electron chi connectivity index (χ3n) is 0.512. The van der Waals surface area contributed by atoms with Crippen LogP contribution in [-0.4, -0.2) is 54.9 Å². The number of unbranched alkanes of at least 4 members (excludes halogenated alkanes) is 1. The molecule has 0 radical (unpaired) electrons. The van der Waals surface area contributed by atoms with Crippen molar-refractivity contribution in [2.24, 2.45) is 0 Å². The zero-order valence-corrected chi connectivity index (χ0v) is 4.07. The molecule has 0 amide bonds. The minimum atomic E-state index is 0. The maximum atomic E-state index is 8.07. The van der Waals surface area contributed by atoms with Gasteiger partial charge in [-0.3, -0.25) is 0 Å². The molecule has 0 atom stereocenters. The van der Waals surface area contributed by atoms with Crippen LogP contribution in [0.1, 0.15) is 19.8 Å². The molecule has 0 saturated carbocycles. The topological polar surface area (TPSA) is 51.7 Å². The molecule has 0 aromatic rings. The third kappa shape index (κ3) is 19.1. The summed E-state index contributed by atoms with van der Waals surface area (Å²) in [5.74, 6) is 0. The number of aliphatic hydroxyl groups excluding tert-OH is 1. The summed E-state index contributed by atoms with van der Waals surface area (Å²) >= 11 is 0. The van der Waals surface area contributed by atoms with Crippen LogP contribution < -0.4 is 0 Å². The van der Waals surface area contributed by atoms with Crippen molar-refractivity contribution in [2.45, 2.75) is 19.8 Å². The zero-order chi connectivity index (χ0) is 4.12. The van der Waals surface area contributed by atoms with Crippen LogP contribution in [0.25, 0.3) is 0 Å². The van der Waals surface area contributed by atoms with Gasteiger partial charge in [-0.2, -0.15) is 0 Å². The molecule has 0 saturated heterocycles. The molecular weight excluding hydrogens is 120 g/mol. The Balaban J connectivity index is -0.0000000800. The second-order valence-corrected chi connectivity index (χ2v) is 1.08. The molecule has 0 fully saturated rings. The van der Waals surface area contributed by atoms with Crippen LogP contribution in [0.2, 0.25) is 0 Å². The third-order valence-corrected chi connectivity index (χ3v) is 0.512. The SMILES string of the molecule is CCCCO.O.[CaH2]. The van der Waals surface area contributed by atoms with E-state index in [4.69, 9.17) is 5.11 Å². The van der Waals surface area contributed by atoms with E-state index < -0.39 is 0 Å². The van der Waals surface area contributed by atoms with Crippen molar-refractivity contribution >= 4 is 37.7 Å². The van der Waals surface area contributed by atoms with Gasteiger partial charge in [-0.05, 0) is 6.42 Å². The van der Waals surface area contributed by atoms with Crippen LogP contribution in [0.15, 0.2) is 0 Å². The van der Waals surface area contributed by atoms with Gasteiger partial charge in [0.15, 0.2) is 0 Å². The second kappa shape index (κ2) is 15.7. The zero-order valence-electron chi connectivity index (χ0n) is 4.07. The fourth-order valence-corrected chi connectivity index (χ4v) is 0.158. The van der Waals surface area contributed by atoms with Crippen LogP contribution in [0.5, 0.6) is 0 Å². The molecule has 2 nitrogen and oxygen atoms in total. The molecule has 0 aromatic heterocycles. The van der Waals surface area contributed by atoms with Gasteiger partial charge in [-0.25, -0.2) is 0 Å². The van der Waals surface area contributed by atoms with Crippen molar-refractivity contribution < 1.29 is 10.6 Å². The normalized spacial score (nSPS) is 6.00. The Bertz CT molecular complexity index is 17.2. The molecule has 0 rings (SSSR count). The van der Waals surface area contributed by atoms with E-state index in [-0.39, 0.29) is 43.2 Å². The first-order valence-corrected chi connectivity index (χ1v) is 2.02. The van der Waals surface area contributed by atoms with Crippen molar-refractivity contribution in [3.63, 3.8) is 0 Å². The van der Waals surface area contributed by atoms with Crippen molar-refractivity contribution in [2.75, 3.05) is 6.61 Å². The number of hydrogen-bond donors (Lipinski definition) is 1. The fourth-order valence-electron chi connectivity index (χ4n) is 0.158. The number of rotatable bonds is 2. The molecule has 0 bridgehead atoms. The molecule has 7 heavy (non-hydrogen) atoms. The predicted octanol–water partition coefficient (Wildman–Crippen LogP) is -0.962. The summed E-state index contributed by atoms with van der Waals surface area (Å²) in [6, 6.07) is 0. The van der Waals surface area contributed by atoms with Crippen LogP contribution in [0.3, 0.4) is 0 Å². The van der Waals surface area contributed by atoms with E-state index in [1.165, 1.54) is 0 Å². The van der Waals surface area contributed by atoms with Gasteiger partial charge >= 0.3 is 37.7 Å². The van der Waals surface area contributed by atoms with Crippen LogP contribution in [0, 0.1) is 0 Å². The number of aliphatic hydroxyl groups is 1. The average molecular weight is 134 g/mol. The molecule has 0 spiro atoms. The molecule has 0 aliphatic rings. The van der Waals surface area contributed by atoms with Crippen LogP contribution in [-0.2, 0) is 0 Å². The standard InChI is InChI=1S/C4H10O.Ca.H2O.2H/c1-2-3-4-5;;;;/h5H,2-4H2,1H3;;1H2;;. The van der Waals surface area contributed by atoms with Crippen LogP contribution in [0.4, 0.5) is 0 Å². The van der Waals surface area contributed by atoms with E-state index >= 15 is 0 Å². The summed E-state index contributed by atoms with van der Waals surface area (Å²) in [5.41, 5.74) is 0. The van der Waals surface area contributed by atoms with Gasteiger partial charge in [-0.15, -0.1) is 0 Å². The molecule has 0 aromatic carbocycles. The van der Waals surface area contributed by atoms with E-state index in [1.807, 2.05) is 0 Å². The molecule has 0 heterocycles. The summed E-state index contributed by atoms with van der Waals surface area (Å²) in [5, 5.41) is 8.07. The summed E-state index contributed by atoms with van der Waals surface area (Å²) < 4.78 is 0. The van der Waals surface area contributed by atoms with E-state index in [0.717, 1.165) is 12.8 Å². The van der Waals surface area contributed by atoms with Gasteiger partial charge in [0.25, 0.3) is 0 Å². The Labute approximate surface area is 74.2 Å². The first-order valence-electron chi connectivity index (χ1n) is 2.02. The molecule has 0 unspecified atom stereocenters. The summed E-state index contributed by atoms with van der Waals surface area (Å²) in [6.07, 6.45) is 2.04. The minimum absolute atomic E-state index is 0. The van der Waals surface area contributed by atoms with Crippen molar-refractivity contribution in [3.8, 4) is 0 Å². The molecule has 3 N–H and O–H groups in total. The average Bonchev–Trinajstić information content (AvgIpc) is 1.41. The second-order valence-electron chi connectivity index (χ2n) is 1.08. The summed E-state index contributed by atoms with van der Waals surface area (Å²) in [7, 11) is 0. The van der Waals surface area contributed by atoms with Gasteiger partial charge in [0.05, 0.1) is 0 Å². The predicted molar refractivity (Wildman–Crippen MR) is 34.2 cm³/mol. The molecule has 3 heteroatoms. The van der Waals surface area contributed by atoms with Crippen molar-refractivity contribution in [1.29, 1.82) is 0 Å². The van der Waals surface area contributed by atoms with E-state index in [1.54, 1.807) is 0 Å². The molecule has 0 aliphatic carbocycles. The quantitative estimate of drug-likeness (QED) is 0.486. The van der Waals surface area contributed by atoms with Gasteiger partial charge in [0.1, 0.15) is 0 Å². The van der Waals surface area contributed by atoms with E-state index in [2.05, 4.69) is 6.92 Å². The van der Waals surface area contributed by atoms with Gasteiger partial charge in [-0.1, -0.05) is 13.3 Å². The Kier molecular flexibility index (Phi) is 35.2. The molecule has 0 aliphatic heterocycles. The maximum absolute atomic E-state index is 8.07. The van der Waals surface area contributed by atoms with Crippen LogP contribution >= 0.6 is 0 Å². The Hall–Kier alpha value is 1.18. The Morgan fingerprint density at radius 3 is 1.86 bits per heavy atom. The molecule has 44 valence electrons. The van der Waals surface area contributed by atoms with Gasteiger partial charge < -0.3 is 10.6 Å². The first-order chi connectivity index (χ1) is 2.41. The Morgan fingerprint density at radius 1 is 1.43 bits per heavy atom. The summed E-state index contributed by atoms with van der Waals surface area (Å²) in [4.78, 5) is 0. The monoisotopic (exact) mass is 134 g/mol. The van der Waals surface area contributed by atoms with Gasteiger partial charge in [0, 0.05) is 6.61 Å². The Morgan fingerprint density at radius 2 is 1.86 bits per heavy atom. The van der Waals surface area contributed by atoms with E-state index in [0.29, 0.717) is 6.61 Å².